The lowest BCUT2D eigenvalue weighted by atomic mass is 9.95. The fraction of sp³-hybridized carbons (Fsp3) is 0.481. The molecule has 2 aromatic heterocycles. The van der Waals surface area contributed by atoms with Gasteiger partial charge < -0.3 is 25.5 Å². The number of amides is 6. The van der Waals surface area contributed by atoms with E-state index in [2.05, 4.69) is 20.2 Å². The van der Waals surface area contributed by atoms with Crippen LogP contribution in [0, 0.1) is 0 Å². The normalized spacial score (nSPS) is 22.1. The van der Waals surface area contributed by atoms with Crippen LogP contribution >= 0.6 is 46.4 Å². The minimum atomic E-state index is -2.08. The second-order valence-corrected chi connectivity index (χ2v) is 15.6. The highest BCUT2D eigenvalue weighted by Crippen LogP contribution is 2.46. The average molecular weight is 725 g/mol. The number of likely N-dealkylation sites (N-methyl/N-ethyl adjacent to an activating group) is 1. The van der Waals surface area contributed by atoms with Crippen LogP contribution < -0.4 is 16.1 Å². The molecule has 0 spiro atoms. The maximum atomic E-state index is 13.9. The maximum absolute atomic E-state index is 13.9. The molecule has 6 amide bonds. The van der Waals surface area contributed by atoms with Crippen LogP contribution in [0.25, 0.3) is 0 Å². The number of urea groups is 1. The zero-order valence-electron chi connectivity index (χ0n) is 25.7. The van der Waals surface area contributed by atoms with Gasteiger partial charge in [-0.15, -0.1) is 40.0 Å². The molecule has 2 saturated heterocycles. The first-order chi connectivity index (χ1) is 22.3. The van der Waals surface area contributed by atoms with Crippen molar-refractivity contribution in [2.45, 2.75) is 54.6 Å². The SMILES string of the molecule is CCN1CCN(C(=O)NC(C(=O)N[C@]2(NO)C(=O)N3C(C(=O)OC(C)(C)C)=C(CSc4cnns4)CS[C@H]32)c2cccs2)C(=O)C1=O. The van der Waals surface area contributed by atoms with Crippen molar-refractivity contribution in [3.05, 3.63) is 39.9 Å². The molecule has 0 radical (unpaired) electrons. The number of rotatable bonds is 10. The molecular weight excluding hydrogens is 693 g/mol. The number of nitrogens with one attached hydrogen (secondary N) is 3. The Morgan fingerprint density at radius 1 is 1.21 bits per heavy atom. The summed E-state index contributed by atoms with van der Waals surface area (Å²) in [6.07, 6.45) is 1.59. The molecule has 1 unspecified atom stereocenters. The number of aromatic nitrogens is 2. The second-order valence-electron chi connectivity index (χ2n) is 11.5. The molecule has 0 aliphatic carbocycles. The van der Waals surface area contributed by atoms with E-state index >= 15 is 0 Å². The number of hydrogen-bond donors (Lipinski definition) is 4. The molecule has 0 bridgehead atoms. The molecule has 4 N–H and O–H groups in total. The minimum absolute atomic E-state index is 0.0104. The number of thioether (sulfide) groups is 2. The standard InChI is InChI=1S/C27H32N8O8S4/c1-5-33-8-9-34(21(38)20(33)37)25(41)29-17(15-7-6-10-44-15)19(36)30-27(31-42)23(40)35-18(22(39)43-26(2,3)4)14(13-46-24(27)35)12-45-16-11-28-32-47-16/h6-7,10-11,17,24,31,42H,5,8-9,12-13H2,1-4H3,(H,29,41)(H,30,36)/t17?,24-,27-/m0/s1. The Kier molecular flexibility index (Phi) is 10.3. The number of nitrogens with zero attached hydrogens (tertiary/aromatic N) is 5. The van der Waals surface area contributed by atoms with Gasteiger partial charge in [0.15, 0.2) is 0 Å². The number of thiophene rings is 1. The Hall–Kier alpha value is -3.56. The van der Waals surface area contributed by atoms with E-state index in [0.29, 0.717) is 22.7 Å². The summed E-state index contributed by atoms with van der Waals surface area (Å²) in [5.41, 5.74) is -0.383. The smallest absolute Gasteiger partial charge is 0.355 e. The molecule has 5 rings (SSSR count). The van der Waals surface area contributed by atoms with Crippen LogP contribution in [-0.2, 0) is 28.7 Å². The summed E-state index contributed by atoms with van der Waals surface area (Å²) in [4.78, 5) is 83.1. The molecule has 252 valence electrons. The summed E-state index contributed by atoms with van der Waals surface area (Å²) in [6, 6.07) is 0.845. The van der Waals surface area contributed by atoms with Crippen LogP contribution in [-0.4, -0.2) is 113 Å². The highest BCUT2D eigenvalue weighted by atomic mass is 32.2. The van der Waals surface area contributed by atoms with Gasteiger partial charge in [0.1, 0.15) is 26.9 Å². The van der Waals surface area contributed by atoms with Crippen molar-refractivity contribution in [2.75, 3.05) is 31.1 Å². The fourth-order valence-electron chi connectivity index (χ4n) is 5.03. The van der Waals surface area contributed by atoms with E-state index in [-0.39, 0.29) is 24.5 Å². The van der Waals surface area contributed by atoms with Gasteiger partial charge in [0.25, 0.3) is 5.91 Å². The molecule has 0 aromatic carbocycles. The van der Waals surface area contributed by atoms with Crippen molar-refractivity contribution in [1.82, 2.24) is 40.4 Å². The Balaban J connectivity index is 1.38. The van der Waals surface area contributed by atoms with Gasteiger partial charge in [0.2, 0.25) is 11.6 Å². The van der Waals surface area contributed by atoms with Gasteiger partial charge in [0, 0.05) is 36.0 Å². The predicted molar refractivity (Wildman–Crippen MR) is 172 cm³/mol. The van der Waals surface area contributed by atoms with E-state index in [0.717, 1.165) is 20.4 Å². The summed E-state index contributed by atoms with van der Waals surface area (Å²) < 4.78 is 10.3. The third-order valence-corrected chi connectivity index (χ3v) is 11.5. The van der Waals surface area contributed by atoms with E-state index in [1.807, 2.05) is 5.48 Å². The molecule has 0 saturated carbocycles. The van der Waals surface area contributed by atoms with Gasteiger partial charge in [-0.25, -0.2) is 9.59 Å². The molecule has 3 atom stereocenters. The van der Waals surface area contributed by atoms with E-state index in [9.17, 15) is 34.0 Å². The van der Waals surface area contributed by atoms with Crippen LogP contribution in [0.1, 0.15) is 38.6 Å². The van der Waals surface area contributed by atoms with Gasteiger partial charge in [-0.1, -0.05) is 10.6 Å². The molecule has 16 nitrogen and oxygen atoms in total. The Morgan fingerprint density at radius 2 is 1.98 bits per heavy atom. The number of carbonyl (C=O) groups excluding carboxylic acids is 6. The number of ether oxygens (including phenoxy) is 1. The quantitative estimate of drug-likeness (QED) is 0.0679. The highest BCUT2D eigenvalue weighted by molar-refractivity contribution is 8.01. The maximum Gasteiger partial charge on any atom is 0.355 e. The number of β-lactam (4-membered cyclic amide) rings is 1. The number of fused-ring (bicyclic) bond motifs is 1. The van der Waals surface area contributed by atoms with Crippen LogP contribution in [0.15, 0.2) is 39.2 Å². The van der Waals surface area contributed by atoms with Crippen molar-refractivity contribution >= 4 is 82.0 Å². The number of piperazine rings is 1. The van der Waals surface area contributed by atoms with Crippen molar-refractivity contribution in [3.63, 3.8) is 0 Å². The highest BCUT2D eigenvalue weighted by Gasteiger charge is 2.66. The zero-order chi connectivity index (χ0) is 34.1. The topological polar surface area (TPSA) is 203 Å². The van der Waals surface area contributed by atoms with Crippen LogP contribution in [0.3, 0.4) is 0 Å². The van der Waals surface area contributed by atoms with Gasteiger partial charge in [-0.2, -0.15) is 5.48 Å². The van der Waals surface area contributed by atoms with Crippen molar-refractivity contribution in [1.29, 1.82) is 0 Å². The largest absolute Gasteiger partial charge is 0.455 e. The molecule has 3 aliphatic rings. The summed E-state index contributed by atoms with van der Waals surface area (Å²) in [5.74, 6) is -3.73. The van der Waals surface area contributed by atoms with Crippen LogP contribution in [0.4, 0.5) is 4.79 Å². The molecular formula is C27H32N8O8S4. The lowest BCUT2D eigenvalue weighted by Crippen LogP contribution is -2.85. The zero-order valence-corrected chi connectivity index (χ0v) is 28.9. The van der Waals surface area contributed by atoms with Crippen LogP contribution in [0.2, 0.25) is 0 Å². The Labute approximate surface area is 285 Å². The van der Waals surface area contributed by atoms with E-state index in [1.54, 1.807) is 51.4 Å². The first kappa shape index (κ1) is 34.8. The number of hydroxylamine groups is 1. The van der Waals surface area contributed by atoms with Gasteiger partial charge in [-0.3, -0.25) is 29.0 Å². The van der Waals surface area contributed by atoms with Gasteiger partial charge in [0.05, 0.1) is 6.20 Å². The number of hydrogen-bond acceptors (Lipinski definition) is 15. The van der Waals surface area contributed by atoms with E-state index in [1.165, 1.54) is 44.9 Å². The molecule has 47 heavy (non-hydrogen) atoms. The third kappa shape index (κ3) is 6.88. The number of carbonyl (C=O) groups is 6. The van der Waals surface area contributed by atoms with Crippen molar-refractivity contribution in [2.24, 2.45) is 0 Å². The fourth-order valence-corrected chi connectivity index (χ4v) is 8.78. The lowest BCUT2D eigenvalue weighted by Gasteiger charge is -2.56. The first-order valence-electron chi connectivity index (χ1n) is 14.3. The molecule has 2 fully saturated rings. The molecule has 20 heteroatoms. The summed E-state index contributed by atoms with van der Waals surface area (Å²) in [5, 5.41) is 19.9. The Morgan fingerprint density at radius 3 is 2.60 bits per heavy atom. The predicted octanol–water partition coefficient (Wildman–Crippen LogP) is 1.14. The monoisotopic (exact) mass is 724 g/mol. The van der Waals surface area contributed by atoms with Crippen molar-refractivity contribution in [3.8, 4) is 0 Å². The van der Waals surface area contributed by atoms with Gasteiger partial charge in [-0.05, 0) is 56.2 Å². The van der Waals surface area contributed by atoms with Gasteiger partial charge >= 0.3 is 23.8 Å². The van der Waals surface area contributed by atoms with Crippen LogP contribution in [0.5, 0.6) is 0 Å². The molecule has 5 heterocycles. The Bertz CT molecular complexity index is 1600. The van der Waals surface area contributed by atoms with E-state index in [4.69, 9.17) is 4.74 Å². The van der Waals surface area contributed by atoms with E-state index < -0.39 is 58.3 Å². The summed E-state index contributed by atoms with van der Waals surface area (Å²) in [6.45, 7) is 7.17. The minimum Gasteiger partial charge on any atom is -0.455 e. The third-order valence-electron chi connectivity index (χ3n) is 7.26. The summed E-state index contributed by atoms with van der Waals surface area (Å²) >= 11 is 4.92. The molecule has 3 aliphatic heterocycles. The number of esters is 1. The summed E-state index contributed by atoms with van der Waals surface area (Å²) in [7, 11) is 0. The number of imide groups is 1. The first-order valence-corrected chi connectivity index (χ1v) is 18.0. The lowest BCUT2D eigenvalue weighted by molar-refractivity contribution is -0.174. The second kappa shape index (κ2) is 13.9. The average Bonchev–Trinajstić information content (AvgIpc) is 3.76. The molecule has 2 aromatic rings. The van der Waals surface area contributed by atoms with Crippen molar-refractivity contribution < 1.29 is 38.7 Å².